The van der Waals surface area contributed by atoms with Crippen LogP contribution in [0.2, 0.25) is 0 Å². The van der Waals surface area contributed by atoms with Gasteiger partial charge in [-0.15, -0.1) is 0 Å². The molecule has 0 amide bonds. The Bertz CT molecular complexity index is 627. The van der Waals surface area contributed by atoms with Crippen molar-refractivity contribution >= 4 is 11.8 Å². The van der Waals surface area contributed by atoms with Crippen LogP contribution in [0.3, 0.4) is 0 Å². The van der Waals surface area contributed by atoms with Gasteiger partial charge in [0.2, 0.25) is 0 Å². The zero-order valence-electron chi connectivity index (χ0n) is 16.2. The standard InChI is InChI=1S/C23H34O3/c1-22-10-3-2-4-15(22)12-19(24)21-17(22)9-11-23-13-14(5-8-20(25)26)16(23)6-7-18(21)23/h14-18,21H,2-13H2,1H3,(H,25,26)/t14?,15-,16?,17?,18?,21+,22-,23-/m0/s1. The molecule has 5 fully saturated rings. The Labute approximate surface area is 157 Å². The Morgan fingerprint density at radius 1 is 1.08 bits per heavy atom. The second-order valence-electron chi connectivity index (χ2n) is 10.7. The molecule has 0 aliphatic heterocycles. The molecule has 0 radical (unpaired) electrons. The van der Waals surface area contributed by atoms with Crippen molar-refractivity contribution in [1.82, 2.24) is 0 Å². The lowest BCUT2D eigenvalue weighted by Gasteiger charge is -2.64. The molecule has 5 rings (SSSR count). The lowest BCUT2D eigenvalue weighted by Crippen LogP contribution is -2.60. The largest absolute Gasteiger partial charge is 0.481 e. The first-order valence-electron chi connectivity index (χ1n) is 11.2. The molecule has 0 aromatic heterocycles. The summed E-state index contributed by atoms with van der Waals surface area (Å²) in [4.78, 5) is 24.2. The van der Waals surface area contributed by atoms with Crippen LogP contribution in [0.5, 0.6) is 0 Å². The number of fused-ring (bicyclic) bond motifs is 4. The van der Waals surface area contributed by atoms with E-state index < -0.39 is 5.97 Å². The summed E-state index contributed by atoms with van der Waals surface area (Å²) in [7, 11) is 0. The normalized spacial score (nSPS) is 52.3. The average molecular weight is 359 g/mol. The number of aliphatic carboxylic acids is 1. The molecule has 0 bridgehead atoms. The van der Waals surface area contributed by atoms with Gasteiger partial charge < -0.3 is 5.11 Å². The predicted octanol–water partition coefficient (Wildman–Crippen LogP) is 5.08. The van der Waals surface area contributed by atoms with Gasteiger partial charge in [0.05, 0.1) is 0 Å². The van der Waals surface area contributed by atoms with Crippen LogP contribution >= 0.6 is 0 Å². The van der Waals surface area contributed by atoms with E-state index in [1.165, 1.54) is 57.8 Å². The van der Waals surface area contributed by atoms with E-state index >= 15 is 0 Å². The summed E-state index contributed by atoms with van der Waals surface area (Å²) >= 11 is 0. The van der Waals surface area contributed by atoms with Crippen LogP contribution in [0.15, 0.2) is 0 Å². The summed E-state index contributed by atoms with van der Waals surface area (Å²) in [6.45, 7) is 2.53. The Balaban J connectivity index is 1.38. The monoisotopic (exact) mass is 358 g/mol. The average Bonchev–Trinajstić information content (AvgIpc) is 2.88. The summed E-state index contributed by atoms with van der Waals surface area (Å²) in [6.07, 6.45) is 13.6. The Kier molecular flexibility index (Phi) is 3.86. The highest BCUT2D eigenvalue weighted by molar-refractivity contribution is 5.83. The van der Waals surface area contributed by atoms with E-state index in [4.69, 9.17) is 5.11 Å². The summed E-state index contributed by atoms with van der Waals surface area (Å²) in [5.41, 5.74) is 0.834. The maximum Gasteiger partial charge on any atom is 0.303 e. The summed E-state index contributed by atoms with van der Waals surface area (Å²) in [5.74, 6) is 3.55. The van der Waals surface area contributed by atoms with Gasteiger partial charge in [-0.2, -0.15) is 0 Å². The van der Waals surface area contributed by atoms with Gasteiger partial charge in [0.25, 0.3) is 0 Å². The smallest absolute Gasteiger partial charge is 0.303 e. The second kappa shape index (κ2) is 5.82. The molecule has 26 heavy (non-hydrogen) atoms. The minimum absolute atomic E-state index is 0.326. The summed E-state index contributed by atoms with van der Waals surface area (Å²) in [5, 5.41) is 9.04. The Morgan fingerprint density at radius 2 is 1.88 bits per heavy atom. The topological polar surface area (TPSA) is 54.4 Å². The van der Waals surface area contributed by atoms with Crippen LogP contribution < -0.4 is 0 Å². The Morgan fingerprint density at radius 3 is 2.69 bits per heavy atom. The number of rotatable bonds is 3. The van der Waals surface area contributed by atoms with Crippen LogP contribution in [0.4, 0.5) is 0 Å². The van der Waals surface area contributed by atoms with Gasteiger partial charge >= 0.3 is 5.97 Å². The third kappa shape index (κ3) is 2.18. The fraction of sp³-hybridized carbons (Fsp3) is 0.913. The maximum absolute atomic E-state index is 13.3. The first-order chi connectivity index (χ1) is 12.5. The van der Waals surface area contributed by atoms with Gasteiger partial charge in [-0.05, 0) is 91.8 Å². The van der Waals surface area contributed by atoms with Crippen LogP contribution in [-0.2, 0) is 9.59 Å². The van der Waals surface area contributed by atoms with Gasteiger partial charge in [0.15, 0.2) is 0 Å². The van der Waals surface area contributed by atoms with Crippen LogP contribution in [0.1, 0.15) is 84.0 Å². The number of carbonyl (C=O) groups is 2. The number of Topliss-reactive ketones (excluding diaryl/α,β-unsaturated/α-hetero) is 1. The molecule has 3 nitrogen and oxygen atoms in total. The quantitative estimate of drug-likeness (QED) is 0.765. The molecule has 0 aromatic carbocycles. The molecule has 5 aliphatic carbocycles. The number of carboxylic acids is 1. The minimum Gasteiger partial charge on any atom is -0.481 e. The van der Waals surface area contributed by atoms with Crippen molar-refractivity contribution in [3.05, 3.63) is 0 Å². The number of hydrogen-bond acceptors (Lipinski definition) is 2. The molecular formula is C23H34O3. The number of carboxylic acid groups (broad SMARTS) is 1. The zero-order valence-corrected chi connectivity index (χ0v) is 16.2. The van der Waals surface area contributed by atoms with Crippen molar-refractivity contribution in [2.45, 2.75) is 84.0 Å². The molecule has 3 heteroatoms. The number of carbonyl (C=O) groups excluding carboxylic acids is 1. The van der Waals surface area contributed by atoms with E-state index in [1.54, 1.807) is 0 Å². The van der Waals surface area contributed by atoms with Gasteiger partial charge in [-0.1, -0.05) is 19.8 Å². The molecule has 0 aromatic rings. The van der Waals surface area contributed by atoms with E-state index in [2.05, 4.69) is 6.92 Å². The van der Waals surface area contributed by atoms with Crippen LogP contribution in [-0.4, -0.2) is 16.9 Å². The molecule has 4 unspecified atom stereocenters. The SMILES string of the molecule is C[C@]12CCCC[C@H]1CC(=O)[C@H]1C3CCC4C(CCC(=O)O)C[C@@]43CCC12. The van der Waals surface area contributed by atoms with E-state index in [0.29, 0.717) is 52.6 Å². The molecular weight excluding hydrogens is 324 g/mol. The minimum atomic E-state index is -0.650. The molecule has 8 atom stereocenters. The third-order valence-corrected chi connectivity index (χ3v) is 10.1. The van der Waals surface area contributed by atoms with E-state index in [1.807, 2.05) is 0 Å². The fourth-order valence-corrected chi connectivity index (χ4v) is 9.01. The molecule has 5 aliphatic rings. The highest BCUT2D eigenvalue weighted by atomic mass is 16.4. The van der Waals surface area contributed by atoms with Gasteiger partial charge in [0.1, 0.15) is 5.78 Å². The zero-order chi connectivity index (χ0) is 18.1. The highest BCUT2D eigenvalue weighted by Crippen LogP contribution is 2.74. The summed E-state index contributed by atoms with van der Waals surface area (Å²) < 4.78 is 0. The molecule has 1 spiro atoms. The highest BCUT2D eigenvalue weighted by Gasteiger charge is 2.68. The number of ketones is 1. The van der Waals surface area contributed by atoms with Crippen molar-refractivity contribution in [3.63, 3.8) is 0 Å². The Hall–Kier alpha value is -0.860. The molecule has 0 heterocycles. The van der Waals surface area contributed by atoms with Crippen LogP contribution in [0, 0.1) is 46.3 Å². The molecule has 144 valence electrons. The maximum atomic E-state index is 13.3. The first kappa shape index (κ1) is 17.3. The van der Waals surface area contributed by atoms with E-state index in [0.717, 1.165) is 18.8 Å². The van der Waals surface area contributed by atoms with Crippen molar-refractivity contribution < 1.29 is 14.7 Å². The van der Waals surface area contributed by atoms with Crippen molar-refractivity contribution in [2.75, 3.05) is 0 Å². The lowest BCUT2D eigenvalue weighted by atomic mass is 9.40. The number of hydrogen-bond donors (Lipinski definition) is 1. The fourth-order valence-electron chi connectivity index (χ4n) is 9.01. The third-order valence-electron chi connectivity index (χ3n) is 10.1. The van der Waals surface area contributed by atoms with Crippen molar-refractivity contribution in [2.24, 2.45) is 46.3 Å². The van der Waals surface area contributed by atoms with Crippen molar-refractivity contribution in [3.8, 4) is 0 Å². The molecule has 5 saturated carbocycles. The second-order valence-corrected chi connectivity index (χ2v) is 10.7. The lowest BCUT2D eigenvalue weighted by molar-refractivity contribution is -0.174. The van der Waals surface area contributed by atoms with Crippen molar-refractivity contribution in [1.29, 1.82) is 0 Å². The van der Waals surface area contributed by atoms with E-state index in [-0.39, 0.29) is 0 Å². The van der Waals surface area contributed by atoms with Crippen LogP contribution in [0.25, 0.3) is 0 Å². The van der Waals surface area contributed by atoms with Gasteiger partial charge in [0, 0.05) is 18.8 Å². The van der Waals surface area contributed by atoms with Gasteiger partial charge in [-0.3, -0.25) is 9.59 Å². The van der Waals surface area contributed by atoms with Gasteiger partial charge in [-0.25, -0.2) is 0 Å². The first-order valence-corrected chi connectivity index (χ1v) is 11.2. The van der Waals surface area contributed by atoms with E-state index in [9.17, 15) is 9.59 Å². The molecule has 0 saturated heterocycles. The predicted molar refractivity (Wildman–Crippen MR) is 99.5 cm³/mol. The molecule has 1 N–H and O–H groups in total. The summed E-state index contributed by atoms with van der Waals surface area (Å²) in [6, 6.07) is 0.